The normalized spacial score (nSPS) is 10.5. The molecule has 0 saturated heterocycles. The molecule has 0 heterocycles. The number of ether oxygens (including phenoxy) is 1. The van der Waals surface area contributed by atoms with E-state index in [4.69, 9.17) is 4.74 Å². The van der Waals surface area contributed by atoms with Gasteiger partial charge in [-0.3, -0.25) is 14.9 Å². The summed E-state index contributed by atoms with van der Waals surface area (Å²) < 4.78 is 5.40. The van der Waals surface area contributed by atoms with E-state index in [0.717, 1.165) is 19.5 Å². The molecule has 0 radical (unpaired) electrons. The lowest BCUT2D eigenvalue weighted by Crippen LogP contribution is -2.25. The second-order valence-corrected chi connectivity index (χ2v) is 8.10. The van der Waals surface area contributed by atoms with Gasteiger partial charge in [-0.05, 0) is 81.3 Å². The second-order valence-electron chi connectivity index (χ2n) is 8.10. The molecule has 8 nitrogen and oxygen atoms in total. The van der Waals surface area contributed by atoms with E-state index in [9.17, 15) is 14.9 Å². The third kappa shape index (κ3) is 7.20. The third-order valence-corrected chi connectivity index (χ3v) is 5.55. The highest BCUT2D eigenvalue weighted by molar-refractivity contribution is 6.05. The lowest BCUT2D eigenvalue weighted by molar-refractivity contribution is -0.384. The number of anilines is 3. The molecule has 0 bridgehead atoms. The molecule has 184 valence electrons. The van der Waals surface area contributed by atoms with Gasteiger partial charge < -0.3 is 20.3 Å². The molecule has 0 atom stereocenters. The zero-order valence-corrected chi connectivity index (χ0v) is 20.4. The van der Waals surface area contributed by atoms with Crippen molar-refractivity contribution in [2.75, 3.05) is 41.8 Å². The molecule has 0 fully saturated rings. The molecule has 0 aromatic heterocycles. The van der Waals surface area contributed by atoms with Gasteiger partial charge >= 0.3 is 0 Å². The van der Waals surface area contributed by atoms with Gasteiger partial charge in [0.15, 0.2) is 0 Å². The highest BCUT2D eigenvalue weighted by atomic mass is 16.6. The average Bonchev–Trinajstić information content (AvgIpc) is 2.85. The number of carbonyl (C=O) groups is 1. The number of nitrogens with one attached hydrogen (secondary N) is 2. The minimum atomic E-state index is -0.471. The molecule has 0 spiro atoms. The van der Waals surface area contributed by atoms with Crippen LogP contribution >= 0.6 is 0 Å². The van der Waals surface area contributed by atoms with Gasteiger partial charge in [0.05, 0.1) is 11.5 Å². The number of hydrogen-bond acceptors (Lipinski definition) is 6. The van der Waals surface area contributed by atoms with Crippen molar-refractivity contribution in [2.24, 2.45) is 0 Å². The van der Waals surface area contributed by atoms with Crippen LogP contribution in [0.15, 0.2) is 66.7 Å². The van der Waals surface area contributed by atoms with Crippen molar-refractivity contribution in [3.63, 3.8) is 0 Å². The molecule has 0 aliphatic carbocycles. The summed E-state index contributed by atoms with van der Waals surface area (Å²) in [6.45, 7) is 8.90. The molecule has 0 aliphatic heterocycles. The van der Waals surface area contributed by atoms with Crippen molar-refractivity contribution in [3.05, 3.63) is 88.0 Å². The van der Waals surface area contributed by atoms with Gasteiger partial charge in [-0.2, -0.15) is 0 Å². The van der Waals surface area contributed by atoms with Crippen molar-refractivity contribution in [2.45, 2.75) is 27.2 Å². The van der Waals surface area contributed by atoms with Crippen LogP contribution in [0.2, 0.25) is 0 Å². The molecular weight excluding hydrogens is 444 g/mol. The summed E-state index contributed by atoms with van der Waals surface area (Å²) in [5.41, 5.74) is 3.44. The van der Waals surface area contributed by atoms with Gasteiger partial charge in [-0.15, -0.1) is 0 Å². The van der Waals surface area contributed by atoms with E-state index in [2.05, 4.69) is 47.6 Å². The summed E-state index contributed by atoms with van der Waals surface area (Å²) in [6, 6.07) is 19.8. The topological polar surface area (TPSA) is 96.7 Å². The van der Waals surface area contributed by atoms with E-state index >= 15 is 0 Å². The number of nitro benzene ring substituents is 1. The molecule has 0 unspecified atom stereocenters. The average molecular weight is 477 g/mol. The van der Waals surface area contributed by atoms with E-state index in [0.29, 0.717) is 30.3 Å². The number of carbonyl (C=O) groups excluding carboxylic acids is 1. The Morgan fingerprint density at radius 1 is 1.06 bits per heavy atom. The summed E-state index contributed by atoms with van der Waals surface area (Å²) >= 11 is 0. The van der Waals surface area contributed by atoms with Crippen molar-refractivity contribution >= 4 is 28.7 Å². The first kappa shape index (κ1) is 25.6. The largest absolute Gasteiger partial charge is 0.494 e. The van der Waals surface area contributed by atoms with Crippen molar-refractivity contribution < 1.29 is 14.5 Å². The van der Waals surface area contributed by atoms with Crippen LogP contribution in [0.5, 0.6) is 5.75 Å². The van der Waals surface area contributed by atoms with Gasteiger partial charge in [0.1, 0.15) is 11.4 Å². The Morgan fingerprint density at radius 2 is 1.83 bits per heavy atom. The number of nitrogens with zero attached hydrogens (tertiary/aromatic N) is 2. The summed E-state index contributed by atoms with van der Waals surface area (Å²) in [5, 5.41) is 17.6. The fourth-order valence-electron chi connectivity index (χ4n) is 3.77. The van der Waals surface area contributed by atoms with Crippen LogP contribution in [0.1, 0.15) is 36.2 Å². The maximum Gasteiger partial charge on any atom is 0.293 e. The summed E-state index contributed by atoms with van der Waals surface area (Å²) in [5.74, 6) is 0.290. The van der Waals surface area contributed by atoms with E-state index in [-0.39, 0.29) is 11.3 Å². The fourth-order valence-corrected chi connectivity index (χ4v) is 3.77. The van der Waals surface area contributed by atoms with E-state index in [1.165, 1.54) is 17.3 Å². The second kappa shape index (κ2) is 12.4. The summed E-state index contributed by atoms with van der Waals surface area (Å²) in [6.07, 6.45) is 0.804. The third-order valence-electron chi connectivity index (χ3n) is 5.55. The van der Waals surface area contributed by atoms with Crippen LogP contribution in [0.4, 0.5) is 22.7 Å². The minimum absolute atomic E-state index is 0.129. The standard InChI is InChI=1S/C27H32N4O4/c1-4-30(23-9-6-8-20(3)18-23)17-7-16-28-25-15-10-21(19-26(25)31(33)34)27(32)29-22-11-13-24(14-12-22)35-5-2/h6,8-15,18-19,28H,4-5,7,16-17H2,1-3H3,(H,29,32). The molecule has 2 N–H and O–H groups in total. The quantitative estimate of drug-likeness (QED) is 0.192. The van der Waals surface area contributed by atoms with E-state index in [1.54, 1.807) is 36.4 Å². The SMILES string of the molecule is CCOc1ccc(NC(=O)c2ccc(NCCCN(CC)c3cccc(C)c3)c([N+](=O)[O-])c2)cc1. The zero-order valence-electron chi connectivity index (χ0n) is 20.4. The lowest BCUT2D eigenvalue weighted by atomic mass is 10.1. The van der Waals surface area contributed by atoms with Gasteiger partial charge in [-0.1, -0.05) is 12.1 Å². The number of rotatable bonds is 12. The van der Waals surface area contributed by atoms with E-state index in [1.807, 2.05) is 13.0 Å². The molecule has 3 aromatic rings. The first-order chi connectivity index (χ1) is 16.9. The van der Waals surface area contributed by atoms with E-state index < -0.39 is 10.8 Å². The molecule has 35 heavy (non-hydrogen) atoms. The van der Waals surface area contributed by atoms with Gasteiger partial charge in [0.2, 0.25) is 0 Å². The number of nitro groups is 1. The molecule has 3 rings (SSSR count). The summed E-state index contributed by atoms with van der Waals surface area (Å²) in [7, 11) is 0. The van der Waals surface area contributed by atoms with Crippen molar-refractivity contribution in [1.82, 2.24) is 0 Å². The Balaban J connectivity index is 1.60. The number of aryl methyl sites for hydroxylation is 1. The predicted molar refractivity (Wildman–Crippen MR) is 141 cm³/mol. The predicted octanol–water partition coefficient (Wildman–Crippen LogP) is 5.88. The van der Waals surface area contributed by atoms with Crippen LogP contribution in [0.3, 0.4) is 0 Å². The number of amides is 1. The Bertz CT molecular complexity index is 1150. The van der Waals surface area contributed by atoms with Crippen LogP contribution < -0.4 is 20.3 Å². The molecule has 0 saturated carbocycles. The number of benzene rings is 3. The monoisotopic (exact) mass is 476 g/mol. The van der Waals surface area contributed by atoms with Gasteiger partial charge in [0.25, 0.3) is 11.6 Å². The maximum atomic E-state index is 12.6. The number of hydrogen-bond donors (Lipinski definition) is 2. The fraction of sp³-hybridized carbons (Fsp3) is 0.296. The lowest BCUT2D eigenvalue weighted by Gasteiger charge is -2.23. The molecule has 0 aliphatic rings. The van der Waals surface area contributed by atoms with Crippen molar-refractivity contribution in [3.8, 4) is 5.75 Å². The Labute approximate surface area is 206 Å². The highest BCUT2D eigenvalue weighted by Crippen LogP contribution is 2.26. The molecular formula is C27H32N4O4. The smallest absolute Gasteiger partial charge is 0.293 e. The maximum absolute atomic E-state index is 12.6. The Hall–Kier alpha value is -4.07. The highest BCUT2D eigenvalue weighted by Gasteiger charge is 2.18. The first-order valence-corrected chi connectivity index (χ1v) is 11.8. The minimum Gasteiger partial charge on any atom is -0.494 e. The molecule has 3 aromatic carbocycles. The van der Waals surface area contributed by atoms with Gasteiger partial charge in [0, 0.05) is 42.6 Å². The Morgan fingerprint density at radius 3 is 2.49 bits per heavy atom. The van der Waals surface area contributed by atoms with Crippen LogP contribution in [0, 0.1) is 17.0 Å². The Kier molecular flexibility index (Phi) is 9.06. The van der Waals surface area contributed by atoms with Crippen molar-refractivity contribution in [1.29, 1.82) is 0 Å². The van der Waals surface area contributed by atoms with Gasteiger partial charge in [-0.25, -0.2) is 0 Å². The summed E-state index contributed by atoms with van der Waals surface area (Å²) in [4.78, 5) is 26.1. The van der Waals surface area contributed by atoms with Crippen LogP contribution in [-0.4, -0.2) is 37.1 Å². The zero-order chi connectivity index (χ0) is 25.2. The molecule has 8 heteroatoms. The van der Waals surface area contributed by atoms with Crippen LogP contribution in [-0.2, 0) is 0 Å². The first-order valence-electron chi connectivity index (χ1n) is 11.8. The molecule has 1 amide bonds. The van der Waals surface area contributed by atoms with Crippen LogP contribution in [0.25, 0.3) is 0 Å².